The number of thiazole rings is 1. The number of hydrogen-bond donors (Lipinski definition) is 1. The lowest BCUT2D eigenvalue weighted by atomic mass is 10.4. The van der Waals surface area contributed by atoms with Crippen molar-refractivity contribution in [3.63, 3.8) is 0 Å². The third kappa shape index (κ3) is 3.79. The number of nitrogens with zero attached hydrogens (tertiary/aromatic N) is 4. The number of rotatable bonds is 5. The predicted molar refractivity (Wildman–Crippen MR) is 77.0 cm³/mol. The van der Waals surface area contributed by atoms with Crippen LogP contribution in [0, 0.1) is 6.92 Å². The van der Waals surface area contributed by atoms with Gasteiger partial charge in [0.25, 0.3) is 5.91 Å². The smallest absolute Gasteiger partial charge is 0.269 e. The van der Waals surface area contributed by atoms with E-state index in [-0.39, 0.29) is 5.91 Å². The first-order valence-electron chi connectivity index (χ1n) is 5.75. The standard InChI is InChI=1S/C11H15N5OS2/c1-7-9(18-6-12-7)10(17)13-11-15-14-8(19-11)4-5-16(2)3/h6H,4-5H2,1-3H3,(H,13,15,17). The summed E-state index contributed by atoms with van der Waals surface area (Å²) >= 11 is 2.73. The predicted octanol–water partition coefficient (Wildman–Crippen LogP) is 1.66. The second kappa shape index (κ2) is 6.18. The van der Waals surface area contributed by atoms with Crippen molar-refractivity contribution < 1.29 is 4.79 Å². The minimum Gasteiger partial charge on any atom is -0.309 e. The summed E-state index contributed by atoms with van der Waals surface area (Å²) in [6, 6.07) is 0. The van der Waals surface area contributed by atoms with Gasteiger partial charge in [-0.1, -0.05) is 11.3 Å². The fraction of sp³-hybridized carbons (Fsp3) is 0.455. The zero-order chi connectivity index (χ0) is 13.8. The Bertz CT molecular complexity index is 563. The number of amides is 1. The zero-order valence-corrected chi connectivity index (χ0v) is 12.6. The van der Waals surface area contributed by atoms with Crippen molar-refractivity contribution in [1.82, 2.24) is 20.1 Å². The van der Waals surface area contributed by atoms with Crippen LogP contribution in [0.25, 0.3) is 0 Å². The molecule has 0 unspecified atom stereocenters. The number of anilines is 1. The summed E-state index contributed by atoms with van der Waals surface area (Å²) in [5.74, 6) is -0.171. The summed E-state index contributed by atoms with van der Waals surface area (Å²) in [6.45, 7) is 2.73. The van der Waals surface area contributed by atoms with Crippen LogP contribution in [0.15, 0.2) is 5.51 Å². The molecular weight excluding hydrogens is 282 g/mol. The van der Waals surface area contributed by atoms with Gasteiger partial charge in [0, 0.05) is 13.0 Å². The Morgan fingerprint density at radius 1 is 1.42 bits per heavy atom. The van der Waals surface area contributed by atoms with E-state index < -0.39 is 0 Å². The second-order valence-corrected chi connectivity index (χ2v) is 6.19. The van der Waals surface area contributed by atoms with Gasteiger partial charge in [-0.25, -0.2) is 4.98 Å². The molecule has 2 aromatic rings. The van der Waals surface area contributed by atoms with E-state index in [4.69, 9.17) is 0 Å². The minimum atomic E-state index is -0.171. The highest BCUT2D eigenvalue weighted by Crippen LogP contribution is 2.19. The molecule has 8 heteroatoms. The second-order valence-electron chi connectivity index (χ2n) is 4.28. The number of likely N-dealkylation sites (N-methyl/N-ethyl adjacent to an activating group) is 1. The first-order chi connectivity index (χ1) is 9.06. The van der Waals surface area contributed by atoms with Crippen molar-refractivity contribution in [2.75, 3.05) is 26.0 Å². The molecule has 0 saturated carbocycles. The molecule has 0 aromatic carbocycles. The maximum Gasteiger partial charge on any atom is 0.269 e. The van der Waals surface area contributed by atoms with Gasteiger partial charge in [0.2, 0.25) is 5.13 Å². The highest BCUT2D eigenvalue weighted by Gasteiger charge is 2.14. The van der Waals surface area contributed by atoms with E-state index in [0.29, 0.717) is 10.0 Å². The van der Waals surface area contributed by atoms with Crippen molar-refractivity contribution in [2.24, 2.45) is 0 Å². The lowest BCUT2D eigenvalue weighted by Gasteiger charge is -2.05. The van der Waals surface area contributed by atoms with E-state index in [0.717, 1.165) is 23.7 Å². The number of carbonyl (C=O) groups excluding carboxylic acids is 1. The maximum absolute atomic E-state index is 12.0. The summed E-state index contributed by atoms with van der Waals surface area (Å²) in [7, 11) is 4.02. The van der Waals surface area contributed by atoms with Crippen molar-refractivity contribution >= 4 is 33.7 Å². The molecule has 0 spiro atoms. The van der Waals surface area contributed by atoms with E-state index in [9.17, 15) is 4.79 Å². The largest absolute Gasteiger partial charge is 0.309 e. The lowest BCUT2D eigenvalue weighted by Crippen LogP contribution is -2.14. The topological polar surface area (TPSA) is 71.0 Å². The number of nitrogens with one attached hydrogen (secondary N) is 1. The van der Waals surface area contributed by atoms with Gasteiger partial charge >= 0.3 is 0 Å². The summed E-state index contributed by atoms with van der Waals surface area (Å²) in [6.07, 6.45) is 0.833. The van der Waals surface area contributed by atoms with E-state index in [1.165, 1.54) is 22.7 Å². The van der Waals surface area contributed by atoms with E-state index in [1.807, 2.05) is 21.0 Å². The first kappa shape index (κ1) is 14.0. The Labute approximate surface area is 119 Å². The molecule has 0 saturated heterocycles. The lowest BCUT2D eigenvalue weighted by molar-refractivity contribution is 0.102. The highest BCUT2D eigenvalue weighted by molar-refractivity contribution is 7.15. The van der Waals surface area contributed by atoms with Crippen molar-refractivity contribution in [3.8, 4) is 0 Å². The molecule has 0 fully saturated rings. The van der Waals surface area contributed by atoms with Gasteiger partial charge in [-0.2, -0.15) is 0 Å². The van der Waals surface area contributed by atoms with Crippen LogP contribution in [0.4, 0.5) is 5.13 Å². The number of hydrogen-bond acceptors (Lipinski definition) is 7. The summed E-state index contributed by atoms with van der Waals surface area (Å²) in [5, 5.41) is 12.2. The Kier molecular flexibility index (Phi) is 4.56. The molecule has 0 bridgehead atoms. The van der Waals surface area contributed by atoms with Crippen LogP contribution in [0.3, 0.4) is 0 Å². The van der Waals surface area contributed by atoms with Crippen LogP contribution < -0.4 is 5.32 Å². The molecule has 1 N–H and O–H groups in total. The third-order valence-electron chi connectivity index (χ3n) is 2.41. The first-order valence-corrected chi connectivity index (χ1v) is 7.44. The molecule has 2 rings (SSSR count). The third-order valence-corrected chi connectivity index (χ3v) is 4.24. The fourth-order valence-electron chi connectivity index (χ4n) is 1.40. The van der Waals surface area contributed by atoms with Crippen molar-refractivity contribution in [1.29, 1.82) is 0 Å². The van der Waals surface area contributed by atoms with Crippen LogP contribution in [0.1, 0.15) is 20.4 Å². The molecule has 19 heavy (non-hydrogen) atoms. The number of aryl methyl sites for hydroxylation is 1. The van der Waals surface area contributed by atoms with Crippen LogP contribution in [0.2, 0.25) is 0 Å². The van der Waals surface area contributed by atoms with Crippen molar-refractivity contribution in [3.05, 3.63) is 21.1 Å². The Hall–Kier alpha value is -1.38. The minimum absolute atomic E-state index is 0.171. The zero-order valence-electron chi connectivity index (χ0n) is 11.0. The van der Waals surface area contributed by atoms with Gasteiger partial charge in [-0.3, -0.25) is 10.1 Å². The van der Waals surface area contributed by atoms with E-state index in [2.05, 4.69) is 25.4 Å². The monoisotopic (exact) mass is 297 g/mol. The Balaban J connectivity index is 1.96. The molecule has 0 aliphatic carbocycles. The normalized spacial score (nSPS) is 10.9. The van der Waals surface area contributed by atoms with Gasteiger partial charge in [0.15, 0.2) is 0 Å². The molecule has 0 aliphatic rings. The Morgan fingerprint density at radius 3 is 2.84 bits per heavy atom. The number of aromatic nitrogens is 3. The fourth-order valence-corrected chi connectivity index (χ4v) is 2.82. The number of carbonyl (C=O) groups is 1. The molecule has 2 aromatic heterocycles. The molecule has 2 heterocycles. The molecule has 102 valence electrons. The molecular formula is C11H15N5OS2. The molecule has 1 amide bonds. The van der Waals surface area contributed by atoms with Crippen LogP contribution >= 0.6 is 22.7 Å². The van der Waals surface area contributed by atoms with Gasteiger partial charge in [0.1, 0.15) is 9.88 Å². The van der Waals surface area contributed by atoms with Gasteiger partial charge in [-0.15, -0.1) is 21.5 Å². The van der Waals surface area contributed by atoms with Gasteiger partial charge in [-0.05, 0) is 21.0 Å². The van der Waals surface area contributed by atoms with E-state index >= 15 is 0 Å². The molecule has 0 aliphatic heterocycles. The van der Waals surface area contributed by atoms with Crippen LogP contribution in [-0.2, 0) is 6.42 Å². The molecule has 0 radical (unpaired) electrons. The maximum atomic E-state index is 12.0. The van der Waals surface area contributed by atoms with Gasteiger partial charge in [0.05, 0.1) is 11.2 Å². The van der Waals surface area contributed by atoms with Gasteiger partial charge < -0.3 is 4.90 Å². The van der Waals surface area contributed by atoms with Crippen molar-refractivity contribution in [2.45, 2.75) is 13.3 Å². The highest BCUT2D eigenvalue weighted by atomic mass is 32.1. The SMILES string of the molecule is Cc1ncsc1C(=O)Nc1nnc(CCN(C)C)s1. The van der Waals surface area contributed by atoms with Crippen LogP contribution in [0.5, 0.6) is 0 Å². The summed E-state index contributed by atoms with van der Waals surface area (Å²) in [4.78, 5) is 18.7. The molecule has 6 nitrogen and oxygen atoms in total. The Morgan fingerprint density at radius 2 is 2.21 bits per heavy atom. The van der Waals surface area contributed by atoms with Crippen LogP contribution in [-0.4, -0.2) is 46.6 Å². The summed E-state index contributed by atoms with van der Waals surface area (Å²) < 4.78 is 0. The van der Waals surface area contributed by atoms with E-state index in [1.54, 1.807) is 5.51 Å². The molecule has 0 atom stereocenters. The average molecular weight is 297 g/mol. The average Bonchev–Trinajstić information content (AvgIpc) is 2.95. The summed E-state index contributed by atoms with van der Waals surface area (Å²) in [5.41, 5.74) is 2.40. The quantitative estimate of drug-likeness (QED) is 0.909.